The molecular weight excluding hydrogens is 306 g/mol. The average Bonchev–Trinajstić information content (AvgIpc) is 2.45. The maximum Gasteiger partial charge on any atom is 0.282 e. The van der Waals surface area contributed by atoms with E-state index >= 15 is 0 Å². The highest BCUT2D eigenvalue weighted by Gasteiger charge is 2.34. The first-order valence-corrected chi connectivity index (χ1v) is 10.4. The summed E-state index contributed by atoms with van der Waals surface area (Å²) in [6.07, 6.45) is 1.94. The van der Waals surface area contributed by atoms with Crippen LogP contribution in [0.2, 0.25) is 0 Å². The van der Waals surface area contributed by atoms with Crippen molar-refractivity contribution in [3.63, 3.8) is 0 Å². The van der Waals surface area contributed by atoms with Gasteiger partial charge in [0.2, 0.25) is 0 Å². The summed E-state index contributed by atoms with van der Waals surface area (Å²) in [5.74, 6) is 1.52. The Bertz CT molecular complexity index is 420. The second-order valence-electron chi connectivity index (χ2n) is 6.45. The van der Waals surface area contributed by atoms with Crippen LogP contribution in [0.4, 0.5) is 0 Å². The average molecular weight is 336 g/mol. The van der Waals surface area contributed by atoms with E-state index in [4.69, 9.17) is 0 Å². The van der Waals surface area contributed by atoms with Crippen molar-refractivity contribution in [2.24, 2.45) is 5.92 Å². The number of thioether (sulfide) groups is 1. The zero-order valence-electron chi connectivity index (χ0n) is 13.4. The first-order valence-electron chi connectivity index (χ1n) is 8.00. The fraction of sp³-hybridized carbons (Fsp3) is 1.00. The lowest BCUT2D eigenvalue weighted by molar-refractivity contribution is 0.247. The number of piperidine rings is 1. The molecule has 1 atom stereocenters. The summed E-state index contributed by atoms with van der Waals surface area (Å²) < 4.78 is 28.7. The first-order chi connectivity index (χ1) is 9.89. The Balaban J connectivity index is 1.85. The van der Waals surface area contributed by atoms with Gasteiger partial charge in [-0.2, -0.15) is 28.8 Å². The highest BCUT2D eigenvalue weighted by atomic mass is 32.2. The molecule has 2 rings (SSSR count). The molecule has 2 fully saturated rings. The quantitative estimate of drug-likeness (QED) is 0.825. The van der Waals surface area contributed by atoms with Gasteiger partial charge in [0.05, 0.1) is 0 Å². The first kappa shape index (κ1) is 17.5. The van der Waals surface area contributed by atoms with Crippen molar-refractivity contribution in [1.29, 1.82) is 0 Å². The molecule has 0 aromatic carbocycles. The van der Waals surface area contributed by atoms with Crippen LogP contribution < -0.4 is 5.32 Å². The number of nitrogens with one attached hydrogen (secondary N) is 1. The van der Waals surface area contributed by atoms with Crippen LogP contribution in [-0.4, -0.2) is 66.8 Å². The van der Waals surface area contributed by atoms with Gasteiger partial charge in [0.15, 0.2) is 0 Å². The van der Waals surface area contributed by atoms with Gasteiger partial charge in [-0.15, -0.1) is 0 Å². The van der Waals surface area contributed by atoms with Crippen LogP contribution in [0.15, 0.2) is 0 Å². The van der Waals surface area contributed by atoms with E-state index in [0.29, 0.717) is 43.4 Å². The van der Waals surface area contributed by atoms with Gasteiger partial charge in [-0.25, -0.2) is 0 Å². The van der Waals surface area contributed by atoms with E-state index in [0.717, 1.165) is 25.1 Å². The van der Waals surface area contributed by atoms with Gasteiger partial charge in [0.1, 0.15) is 0 Å². The van der Waals surface area contributed by atoms with Gasteiger partial charge >= 0.3 is 0 Å². The summed E-state index contributed by atoms with van der Waals surface area (Å²) >= 11 is 1.86. The predicted molar refractivity (Wildman–Crippen MR) is 89.8 cm³/mol. The second-order valence-corrected chi connectivity index (χ2v) is 9.93. The molecule has 5 nitrogen and oxygen atoms in total. The van der Waals surface area contributed by atoms with E-state index < -0.39 is 10.2 Å². The summed E-state index contributed by atoms with van der Waals surface area (Å²) in [6.45, 7) is 10.1. The van der Waals surface area contributed by atoms with E-state index in [1.807, 2.05) is 11.8 Å². The maximum atomic E-state index is 12.7. The third-order valence-corrected chi connectivity index (χ3v) is 7.38. The van der Waals surface area contributed by atoms with E-state index in [1.54, 1.807) is 8.61 Å². The molecule has 1 unspecified atom stereocenters. The normalized spacial score (nSPS) is 27.3. The van der Waals surface area contributed by atoms with Crippen molar-refractivity contribution in [3.05, 3.63) is 0 Å². The summed E-state index contributed by atoms with van der Waals surface area (Å²) in [5, 5.41) is 3.86. The topological polar surface area (TPSA) is 52.7 Å². The molecule has 7 heteroatoms. The Morgan fingerprint density at radius 3 is 2.43 bits per heavy atom. The van der Waals surface area contributed by atoms with E-state index in [9.17, 15) is 8.42 Å². The Morgan fingerprint density at radius 2 is 1.86 bits per heavy atom. The van der Waals surface area contributed by atoms with Crippen LogP contribution in [0.5, 0.6) is 0 Å². The monoisotopic (exact) mass is 335 g/mol. The molecule has 2 aliphatic heterocycles. The van der Waals surface area contributed by atoms with Crippen molar-refractivity contribution in [2.75, 3.05) is 38.5 Å². The van der Waals surface area contributed by atoms with Crippen molar-refractivity contribution in [1.82, 2.24) is 13.9 Å². The van der Waals surface area contributed by atoms with E-state index in [-0.39, 0.29) is 0 Å². The molecule has 0 aromatic rings. The van der Waals surface area contributed by atoms with Gasteiger partial charge in [-0.1, -0.05) is 20.8 Å². The Morgan fingerprint density at radius 1 is 1.19 bits per heavy atom. The molecule has 1 N–H and O–H groups in total. The number of rotatable bonds is 5. The summed E-state index contributed by atoms with van der Waals surface area (Å²) in [6, 6.07) is 0.499. The Kier molecular flexibility index (Phi) is 6.38. The minimum Gasteiger partial charge on any atom is -0.314 e. The van der Waals surface area contributed by atoms with Crippen molar-refractivity contribution in [2.45, 2.75) is 44.9 Å². The summed E-state index contributed by atoms with van der Waals surface area (Å²) in [4.78, 5) is 0. The van der Waals surface area contributed by atoms with Crippen LogP contribution in [0, 0.1) is 5.92 Å². The van der Waals surface area contributed by atoms with Crippen LogP contribution in [-0.2, 0) is 10.2 Å². The molecule has 0 amide bonds. The molecule has 124 valence electrons. The summed E-state index contributed by atoms with van der Waals surface area (Å²) in [7, 11) is -3.24. The summed E-state index contributed by atoms with van der Waals surface area (Å²) in [5.41, 5.74) is 0. The van der Waals surface area contributed by atoms with Gasteiger partial charge in [-0.05, 0) is 25.3 Å². The molecule has 0 bridgehead atoms. The fourth-order valence-corrected chi connectivity index (χ4v) is 5.86. The molecule has 2 saturated heterocycles. The predicted octanol–water partition coefficient (Wildman–Crippen LogP) is 1.38. The van der Waals surface area contributed by atoms with Crippen LogP contribution >= 0.6 is 11.8 Å². The molecule has 0 aromatic heterocycles. The molecular formula is C14H29N3O2S2. The molecule has 21 heavy (non-hydrogen) atoms. The van der Waals surface area contributed by atoms with Crippen molar-refractivity contribution in [3.8, 4) is 0 Å². The van der Waals surface area contributed by atoms with Crippen molar-refractivity contribution < 1.29 is 8.42 Å². The number of hydrogen-bond acceptors (Lipinski definition) is 4. The fourth-order valence-electron chi connectivity index (χ4n) is 2.91. The smallest absolute Gasteiger partial charge is 0.282 e. The van der Waals surface area contributed by atoms with Crippen molar-refractivity contribution >= 4 is 22.0 Å². The van der Waals surface area contributed by atoms with Gasteiger partial charge in [0.25, 0.3) is 10.2 Å². The van der Waals surface area contributed by atoms with Crippen LogP contribution in [0.25, 0.3) is 0 Å². The highest BCUT2D eigenvalue weighted by Crippen LogP contribution is 2.25. The van der Waals surface area contributed by atoms with E-state index in [1.165, 1.54) is 0 Å². The van der Waals surface area contributed by atoms with Gasteiger partial charge in [0, 0.05) is 43.2 Å². The third-order valence-electron chi connectivity index (χ3n) is 4.24. The van der Waals surface area contributed by atoms with E-state index in [2.05, 4.69) is 26.1 Å². The van der Waals surface area contributed by atoms with Gasteiger partial charge in [-0.3, -0.25) is 0 Å². The minimum atomic E-state index is -3.24. The lowest BCUT2D eigenvalue weighted by Crippen LogP contribution is -2.51. The molecule has 0 saturated carbocycles. The minimum absolute atomic E-state index is 0.404. The molecule has 2 aliphatic rings. The number of hydrogen-bond donors (Lipinski definition) is 1. The maximum absolute atomic E-state index is 12.7. The Labute approximate surface area is 134 Å². The van der Waals surface area contributed by atoms with Gasteiger partial charge < -0.3 is 5.32 Å². The van der Waals surface area contributed by atoms with Crippen LogP contribution in [0.3, 0.4) is 0 Å². The van der Waals surface area contributed by atoms with Crippen LogP contribution in [0.1, 0.15) is 33.6 Å². The SMILES string of the molecule is CC(C)NCC1CCN(S(=O)(=O)N2CCSC(C)C2)CC1. The second kappa shape index (κ2) is 7.64. The third kappa shape index (κ3) is 4.82. The highest BCUT2D eigenvalue weighted by molar-refractivity contribution is 8.00. The molecule has 0 radical (unpaired) electrons. The molecule has 0 aliphatic carbocycles. The Hall–Kier alpha value is 0.180. The molecule has 2 heterocycles. The zero-order chi connectivity index (χ0) is 15.5. The molecule has 0 spiro atoms. The number of nitrogens with zero attached hydrogens (tertiary/aromatic N) is 2. The lowest BCUT2D eigenvalue weighted by Gasteiger charge is -2.37. The standard InChI is InChI=1S/C14H29N3O2S2/c1-12(2)15-10-14-4-6-16(7-5-14)21(18,19)17-8-9-20-13(3)11-17/h12-15H,4-11H2,1-3H3. The lowest BCUT2D eigenvalue weighted by atomic mass is 9.98. The largest absolute Gasteiger partial charge is 0.314 e. The zero-order valence-corrected chi connectivity index (χ0v) is 15.0.